The number of anilines is 2. The Hall–Kier alpha value is -2.54. The smallest absolute Gasteiger partial charge is 0.326 e. The maximum atomic E-state index is 13.3. The highest BCUT2D eigenvalue weighted by Crippen LogP contribution is 2.34. The van der Waals surface area contributed by atoms with Gasteiger partial charge in [0.1, 0.15) is 0 Å². The van der Waals surface area contributed by atoms with Crippen LogP contribution in [0.4, 0.5) is 24.5 Å². The van der Waals surface area contributed by atoms with Gasteiger partial charge in [-0.05, 0) is 43.2 Å². The molecule has 0 aromatic heterocycles. The zero-order valence-corrected chi connectivity index (χ0v) is 16.2. The molecule has 0 unspecified atom stereocenters. The second-order valence-corrected chi connectivity index (χ2v) is 7.46. The van der Waals surface area contributed by atoms with E-state index in [9.17, 15) is 22.8 Å². The van der Waals surface area contributed by atoms with E-state index in [-0.39, 0.29) is 33.8 Å². The molecule has 1 fully saturated rings. The summed E-state index contributed by atoms with van der Waals surface area (Å²) in [5.74, 6) is -1.15. The Morgan fingerprint density at radius 1 is 0.931 bits per heavy atom. The molecule has 4 nitrogen and oxygen atoms in total. The molecule has 0 bridgehead atoms. The fourth-order valence-electron chi connectivity index (χ4n) is 3.39. The van der Waals surface area contributed by atoms with Crippen molar-refractivity contribution in [1.82, 2.24) is 0 Å². The highest BCUT2D eigenvalue weighted by molar-refractivity contribution is 6.34. The van der Waals surface area contributed by atoms with Crippen LogP contribution in [0.2, 0.25) is 5.02 Å². The molecule has 154 valence electrons. The van der Waals surface area contributed by atoms with Crippen LogP contribution in [0.1, 0.15) is 48.0 Å². The van der Waals surface area contributed by atoms with Crippen molar-refractivity contribution in [2.24, 2.45) is 5.92 Å². The maximum absolute atomic E-state index is 13.3. The van der Waals surface area contributed by atoms with Crippen LogP contribution in [0.15, 0.2) is 42.5 Å². The van der Waals surface area contributed by atoms with Crippen molar-refractivity contribution in [2.45, 2.75) is 38.3 Å². The van der Waals surface area contributed by atoms with Gasteiger partial charge in [0.15, 0.2) is 0 Å². The third kappa shape index (κ3) is 5.50. The Balaban J connectivity index is 1.84. The standard InChI is InChI=1S/C21H20ClF3N2O2/c22-18-9-5-4-8-17(18)20(29)27-16-11-14(21(23,24)25)10-15(12-16)26-19(28)13-6-2-1-3-7-13/h4-5,8-13H,1-3,6-7H2,(H,26,28)(H,27,29). The van der Waals surface area contributed by atoms with Gasteiger partial charge in [-0.15, -0.1) is 0 Å². The first-order chi connectivity index (χ1) is 13.7. The van der Waals surface area contributed by atoms with Crippen molar-refractivity contribution < 1.29 is 22.8 Å². The molecule has 0 saturated heterocycles. The second kappa shape index (κ2) is 8.86. The molecule has 2 amide bonds. The average Bonchev–Trinajstić information content (AvgIpc) is 2.68. The molecule has 0 heterocycles. The maximum Gasteiger partial charge on any atom is 0.416 e. The Bertz CT molecular complexity index is 909. The molecule has 0 aliphatic heterocycles. The van der Waals surface area contributed by atoms with Crippen molar-refractivity contribution in [2.75, 3.05) is 10.6 Å². The molecule has 2 aromatic rings. The molecular formula is C21H20ClF3N2O2. The zero-order valence-electron chi connectivity index (χ0n) is 15.5. The van der Waals surface area contributed by atoms with Crippen LogP contribution in [-0.4, -0.2) is 11.8 Å². The Morgan fingerprint density at radius 2 is 1.55 bits per heavy atom. The number of carbonyl (C=O) groups is 2. The van der Waals surface area contributed by atoms with Gasteiger partial charge in [-0.25, -0.2) is 0 Å². The van der Waals surface area contributed by atoms with Crippen LogP contribution in [0.3, 0.4) is 0 Å². The zero-order chi connectivity index (χ0) is 21.0. The third-order valence-corrected chi connectivity index (χ3v) is 5.21. The van der Waals surface area contributed by atoms with E-state index in [1.807, 2.05) is 0 Å². The minimum Gasteiger partial charge on any atom is -0.326 e. The molecule has 2 aromatic carbocycles. The Kier molecular flexibility index (Phi) is 6.47. The highest BCUT2D eigenvalue weighted by atomic mass is 35.5. The largest absolute Gasteiger partial charge is 0.416 e. The SMILES string of the molecule is O=C(Nc1cc(NC(=O)C2CCCCC2)cc(C(F)(F)F)c1)c1ccccc1Cl. The number of hydrogen-bond acceptors (Lipinski definition) is 2. The lowest BCUT2D eigenvalue weighted by Gasteiger charge is -2.21. The van der Waals surface area contributed by atoms with Gasteiger partial charge < -0.3 is 10.6 Å². The summed E-state index contributed by atoms with van der Waals surface area (Å²) in [6.07, 6.45) is -0.261. The van der Waals surface area contributed by atoms with Gasteiger partial charge in [0.2, 0.25) is 5.91 Å². The molecule has 2 N–H and O–H groups in total. The highest BCUT2D eigenvalue weighted by Gasteiger charge is 2.32. The average molecular weight is 425 g/mol. The number of alkyl halides is 3. The predicted octanol–water partition coefficient (Wildman–Crippen LogP) is 6.13. The fourth-order valence-corrected chi connectivity index (χ4v) is 3.61. The topological polar surface area (TPSA) is 58.2 Å². The van der Waals surface area contributed by atoms with Crippen molar-refractivity contribution in [3.63, 3.8) is 0 Å². The van der Waals surface area contributed by atoms with E-state index in [4.69, 9.17) is 11.6 Å². The first-order valence-corrected chi connectivity index (χ1v) is 9.71. The van der Waals surface area contributed by atoms with Gasteiger partial charge in [0.25, 0.3) is 5.91 Å². The summed E-state index contributed by atoms with van der Waals surface area (Å²) < 4.78 is 40.0. The lowest BCUT2D eigenvalue weighted by molar-refractivity contribution is -0.137. The van der Waals surface area contributed by atoms with Gasteiger partial charge in [-0.2, -0.15) is 13.2 Å². The van der Waals surface area contributed by atoms with Gasteiger partial charge in [-0.3, -0.25) is 9.59 Å². The number of carbonyl (C=O) groups excluding carboxylic acids is 2. The number of benzene rings is 2. The van der Waals surface area contributed by atoms with Crippen LogP contribution < -0.4 is 10.6 Å². The van der Waals surface area contributed by atoms with Crippen molar-refractivity contribution in [1.29, 1.82) is 0 Å². The molecule has 0 atom stereocenters. The summed E-state index contributed by atoms with van der Waals surface area (Å²) in [5.41, 5.74) is -0.915. The molecule has 29 heavy (non-hydrogen) atoms. The summed E-state index contributed by atoms with van der Waals surface area (Å²) in [4.78, 5) is 24.8. The molecule has 1 aliphatic rings. The van der Waals surface area contributed by atoms with Gasteiger partial charge in [0.05, 0.1) is 16.1 Å². The lowest BCUT2D eigenvalue weighted by Crippen LogP contribution is -2.25. The quantitative estimate of drug-likeness (QED) is 0.620. The normalized spacial score (nSPS) is 15.0. The number of halogens is 4. The van der Waals surface area contributed by atoms with Crippen LogP contribution in [0.25, 0.3) is 0 Å². The monoisotopic (exact) mass is 424 g/mol. The van der Waals surface area contributed by atoms with E-state index in [0.717, 1.165) is 44.2 Å². The van der Waals surface area contributed by atoms with Crippen LogP contribution in [-0.2, 0) is 11.0 Å². The van der Waals surface area contributed by atoms with E-state index >= 15 is 0 Å². The first kappa shape index (κ1) is 21.2. The second-order valence-electron chi connectivity index (χ2n) is 7.05. The number of hydrogen-bond donors (Lipinski definition) is 2. The number of amides is 2. The van der Waals surface area contributed by atoms with Crippen LogP contribution in [0, 0.1) is 5.92 Å². The number of nitrogens with one attached hydrogen (secondary N) is 2. The van der Waals surface area contributed by atoms with E-state index < -0.39 is 17.6 Å². The minimum atomic E-state index is -4.63. The summed E-state index contributed by atoms with van der Waals surface area (Å²) >= 11 is 5.98. The Labute approximate surface area is 171 Å². The fraction of sp³-hybridized carbons (Fsp3) is 0.333. The third-order valence-electron chi connectivity index (χ3n) is 4.88. The minimum absolute atomic E-state index is 0.00939. The van der Waals surface area contributed by atoms with Crippen LogP contribution in [0.5, 0.6) is 0 Å². The molecule has 1 saturated carbocycles. The van der Waals surface area contributed by atoms with E-state index in [2.05, 4.69) is 10.6 Å². The summed E-state index contributed by atoms with van der Waals surface area (Å²) in [6, 6.07) is 9.22. The van der Waals surface area contributed by atoms with Crippen molar-refractivity contribution in [3.8, 4) is 0 Å². The van der Waals surface area contributed by atoms with Gasteiger partial charge in [-0.1, -0.05) is 43.0 Å². The number of rotatable bonds is 4. The summed E-state index contributed by atoms with van der Waals surface area (Å²) in [6.45, 7) is 0. The van der Waals surface area contributed by atoms with Gasteiger partial charge >= 0.3 is 6.18 Å². The summed E-state index contributed by atoms with van der Waals surface area (Å²) in [5, 5.41) is 5.19. The van der Waals surface area contributed by atoms with E-state index in [1.165, 1.54) is 18.2 Å². The lowest BCUT2D eigenvalue weighted by atomic mass is 9.88. The molecule has 0 spiro atoms. The summed E-state index contributed by atoms with van der Waals surface area (Å²) in [7, 11) is 0. The first-order valence-electron chi connectivity index (χ1n) is 9.33. The Morgan fingerprint density at radius 3 is 2.17 bits per heavy atom. The molecular weight excluding hydrogens is 405 g/mol. The van der Waals surface area contributed by atoms with Crippen molar-refractivity contribution in [3.05, 3.63) is 58.6 Å². The van der Waals surface area contributed by atoms with E-state index in [1.54, 1.807) is 12.1 Å². The molecule has 0 radical (unpaired) electrons. The van der Waals surface area contributed by atoms with Crippen molar-refractivity contribution >= 4 is 34.8 Å². The molecule has 8 heteroatoms. The predicted molar refractivity (Wildman–Crippen MR) is 106 cm³/mol. The van der Waals surface area contributed by atoms with Crippen LogP contribution >= 0.6 is 11.6 Å². The molecule has 3 rings (SSSR count). The van der Waals surface area contributed by atoms with E-state index in [0.29, 0.717) is 0 Å². The molecule has 1 aliphatic carbocycles. The van der Waals surface area contributed by atoms with Gasteiger partial charge in [0, 0.05) is 17.3 Å².